The summed E-state index contributed by atoms with van der Waals surface area (Å²) in [6, 6.07) is 11.7. The number of piperidine rings is 1. The van der Waals surface area contributed by atoms with Crippen molar-refractivity contribution >= 4 is 22.4 Å². The Morgan fingerprint density at radius 1 is 1.15 bits per heavy atom. The number of hydrogen-bond donors (Lipinski definition) is 1. The summed E-state index contributed by atoms with van der Waals surface area (Å²) < 4.78 is 33.5. The van der Waals surface area contributed by atoms with Crippen molar-refractivity contribution in [2.45, 2.75) is 51.7 Å². The Morgan fingerprint density at radius 2 is 1.92 bits per heavy atom. The minimum absolute atomic E-state index is 0.0801. The molecule has 2 atom stereocenters. The van der Waals surface area contributed by atoms with Gasteiger partial charge in [-0.15, -0.1) is 11.3 Å². The number of carbonyl (C=O) groups is 1. The van der Waals surface area contributed by atoms with Crippen LogP contribution in [0.1, 0.15) is 46.3 Å². The number of ether oxygens (including phenoxy) is 1. The molecule has 206 valence electrons. The number of nitrogens with two attached hydrogens (primary N) is 1. The van der Waals surface area contributed by atoms with Gasteiger partial charge in [0.05, 0.1) is 12.2 Å². The van der Waals surface area contributed by atoms with Gasteiger partial charge in [-0.05, 0) is 73.9 Å². The maximum Gasteiger partial charge on any atom is 0.267 e. The molecule has 2 saturated heterocycles. The van der Waals surface area contributed by atoms with Crippen LogP contribution in [0.25, 0.3) is 11.3 Å². The third kappa shape index (κ3) is 5.26. The van der Waals surface area contributed by atoms with Crippen LogP contribution in [0.15, 0.2) is 41.8 Å². The number of carbonyl (C=O) groups excluding carboxylic acids is 1. The Kier molecular flexibility index (Phi) is 6.83. The van der Waals surface area contributed by atoms with E-state index in [1.165, 1.54) is 17.7 Å². The van der Waals surface area contributed by atoms with Crippen molar-refractivity contribution in [3.8, 4) is 17.0 Å². The number of amides is 1. The van der Waals surface area contributed by atoms with Crippen LogP contribution in [0.4, 0.5) is 13.9 Å². The summed E-state index contributed by atoms with van der Waals surface area (Å²) in [7, 11) is 0. The molecule has 1 aliphatic carbocycles. The minimum Gasteiger partial charge on any atom is -0.488 e. The summed E-state index contributed by atoms with van der Waals surface area (Å²) in [5, 5.41) is 3.13. The predicted octanol–water partition coefficient (Wildman–Crippen LogP) is 5.66. The second-order valence-electron chi connectivity index (χ2n) is 11.4. The first-order chi connectivity index (χ1) is 18.7. The van der Waals surface area contributed by atoms with Gasteiger partial charge in [0.15, 0.2) is 5.13 Å². The van der Waals surface area contributed by atoms with Crippen LogP contribution in [-0.2, 0) is 6.61 Å². The van der Waals surface area contributed by atoms with Crippen molar-refractivity contribution in [2.75, 3.05) is 31.1 Å². The molecule has 0 radical (unpaired) electrons. The lowest BCUT2D eigenvalue weighted by Crippen LogP contribution is -2.48. The number of fused-ring (bicyclic) bond motifs is 2. The summed E-state index contributed by atoms with van der Waals surface area (Å²) in [5.74, 6) is -1.31. The molecule has 0 spiro atoms. The average molecular weight is 553 g/mol. The number of nitrogens with zero attached hydrogens (tertiary/aromatic N) is 3. The van der Waals surface area contributed by atoms with E-state index in [-0.39, 0.29) is 18.9 Å². The molecule has 2 bridgehead atoms. The van der Waals surface area contributed by atoms with Gasteiger partial charge >= 0.3 is 0 Å². The highest BCUT2D eigenvalue weighted by Crippen LogP contribution is 2.40. The molecular weight excluding hydrogens is 518 g/mol. The van der Waals surface area contributed by atoms with Crippen LogP contribution in [0.2, 0.25) is 0 Å². The van der Waals surface area contributed by atoms with E-state index in [9.17, 15) is 13.6 Å². The van der Waals surface area contributed by atoms with E-state index in [4.69, 9.17) is 15.5 Å². The van der Waals surface area contributed by atoms with Gasteiger partial charge in [-0.3, -0.25) is 4.79 Å². The number of aromatic nitrogens is 1. The lowest BCUT2D eigenvalue weighted by molar-refractivity contribution is 0.0120. The smallest absolute Gasteiger partial charge is 0.267 e. The average Bonchev–Trinajstić information content (AvgIpc) is 3.58. The maximum absolute atomic E-state index is 13.6. The van der Waals surface area contributed by atoms with E-state index in [1.54, 1.807) is 23.5 Å². The zero-order chi connectivity index (χ0) is 27.3. The topological polar surface area (TPSA) is 71.7 Å². The van der Waals surface area contributed by atoms with Crippen LogP contribution < -0.4 is 15.4 Å². The molecule has 39 heavy (non-hydrogen) atoms. The molecule has 3 aliphatic rings. The quantitative estimate of drug-likeness (QED) is 0.427. The lowest BCUT2D eigenvalue weighted by atomic mass is 9.93. The molecule has 1 amide bonds. The van der Waals surface area contributed by atoms with Gasteiger partial charge in [0.25, 0.3) is 11.8 Å². The summed E-state index contributed by atoms with van der Waals surface area (Å²) in [6.07, 6.45) is 2.13. The van der Waals surface area contributed by atoms with Gasteiger partial charge in [-0.2, -0.15) is 0 Å². The summed E-state index contributed by atoms with van der Waals surface area (Å²) >= 11 is 1.67. The number of thiazole rings is 1. The van der Waals surface area contributed by atoms with Crippen LogP contribution in [-0.4, -0.2) is 53.9 Å². The second-order valence-corrected chi connectivity index (χ2v) is 12.2. The summed E-state index contributed by atoms with van der Waals surface area (Å²) in [5.41, 5.74) is 11.6. The largest absolute Gasteiger partial charge is 0.488 e. The highest BCUT2D eigenvalue weighted by Gasteiger charge is 2.41. The first kappa shape index (κ1) is 26.2. The molecule has 2 aromatic carbocycles. The Hall–Kier alpha value is -3.04. The predicted molar refractivity (Wildman–Crippen MR) is 150 cm³/mol. The van der Waals surface area contributed by atoms with Crippen molar-refractivity contribution in [3.05, 3.63) is 64.0 Å². The fourth-order valence-electron chi connectivity index (χ4n) is 6.16. The van der Waals surface area contributed by atoms with Crippen LogP contribution in [0.5, 0.6) is 5.75 Å². The molecule has 6 nitrogen and oxygen atoms in total. The molecule has 2 aliphatic heterocycles. The fourth-order valence-corrected chi connectivity index (χ4v) is 7.01. The zero-order valence-electron chi connectivity index (χ0n) is 22.3. The third-order valence-electron chi connectivity index (χ3n) is 8.51. The highest BCUT2D eigenvalue weighted by molar-refractivity contribution is 7.14. The van der Waals surface area contributed by atoms with Crippen LogP contribution >= 0.6 is 11.3 Å². The molecule has 9 heteroatoms. The molecule has 3 heterocycles. The van der Waals surface area contributed by atoms with E-state index >= 15 is 0 Å². The van der Waals surface area contributed by atoms with Gasteiger partial charge in [-0.25, -0.2) is 13.8 Å². The molecule has 3 aromatic rings. The van der Waals surface area contributed by atoms with Crippen molar-refractivity contribution in [2.24, 2.45) is 17.6 Å². The molecule has 3 fully saturated rings. The van der Waals surface area contributed by atoms with E-state index in [2.05, 4.69) is 23.3 Å². The molecule has 1 saturated carbocycles. The number of benzene rings is 2. The molecular formula is C30H34F2N4O2S. The van der Waals surface area contributed by atoms with Crippen molar-refractivity contribution in [1.29, 1.82) is 0 Å². The van der Waals surface area contributed by atoms with Gasteiger partial charge < -0.3 is 20.3 Å². The number of likely N-dealkylation sites (tertiary alicyclic amines) is 1. The van der Waals surface area contributed by atoms with Crippen LogP contribution in [0.3, 0.4) is 0 Å². The van der Waals surface area contributed by atoms with Gasteiger partial charge in [0.2, 0.25) is 0 Å². The van der Waals surface area contributed by atoms with E-state index in [1.807, 2.05) is 25.1 Å². The fraction of sp³-hybridized carbons (Fsp3) is 0.467. The minimum atomic E-state index is -2.80. The van der Waals surface area contributed by atoms with E-state index < -0.39 is 12.5 Å². The van der Waals surface area contributed by atoms with E-state index in [0.717, 1.165) is 51.9 Å². The number of hydrogen-bond acceptors (Lipinski definition) is 6. The standard InChI is InChI=1S/C30H34F2N4O2S/c1-18-3-8-26(24(11-18)25-16-39-29(34-25)36-13-21-5-6-22(14-36)27(21)33)38-15-23-7-4-20(12-19(23)2)28(37)35-10-9-30(31,32)17-35/h3-4,7-8,11-12,16,21-22,27H,5-6,9-10,13-15,17,33H2,1-2H3. The van der Waals surface area contributed by atoms with Gasteiger partial charge in [-0.1, -0.05) is 17.7 Å². The number of alkyl halides is 2. The molecule has 1 aromatic heterocycles. The number of anilines is 1. The molecule has 2 N–H and O–H groups in total. The number of rotatable bonds is 6. The zero-order valence-corrected chi connectivity index (χ0v) is 23.1. The normalized spacial score (nSPS) is 23.9. The van der Waals surface area contributed by atoms with Crippen molar-refractivity contribution in [3.63, 3.8) is 0 Å². The summed E-state index contributed by atoms with van der Waals surface area (Å²) in [4.78, 5) is 21.4. The number of halogens is 2. The molecule has 6 rings (SSSR count). The Labute approximate surface area is 231 Å². The monoisotopic (exact) mass is 552 g/mol. The van der Waals surface area contributed by atoms with Gasteiger partial charge in [0.1, 0.15) is 12.4 Å². The Bertz CT molecular complexity index is 1380. The van der Waals surface area contributed by atoms with Gasteiger partial charge in [0, 0.05) is 48.6 Å². The lowest BCUT2D eigenvalue weighted by Gasteiger charge is -2.35. The number of aryl methyl sites for hydroxylation is 2. The second kappa shape index (κ2) is 10.2. The van der Waals surface area contributed by atoms with E-state index in [0.29, 0.717) is 30.0 Å². The van der Waals surface area contributed by atoms with Crippen molar-refractivity contribution < 1.29 is 18.3 Å². The van der Waals surface area contributed by atoms with Crippen LogP contribution in [0, 0.1) is 25.7 Å². The Morgan fingerprint density at radius 3 is 2.62 bits per heavy atom. The molecule has 2 unspecified atom stereocenters. The highest BCUT2D eigenvalue weighted by atomic mass is 32.1. The maximum atomic E-state index is 13.6. The first-order valence-corrected chi connectivity index (χ1v) is 14.5. The first-order valence-electron chi connectivity index (χ1n) is 13.6. The Balaban J connectivity index is 1.16. The SMILES string of the molecule is Cc1ccc(OCc2ccc(C(=O)N3CCC(F)(F)C3)cc2C)c(-c2csc(N3CC4CCC(C3)C4N)n2)c1. The van der Waals surface area contributed by atoms with Crippen molar-refractivity contribution in [1.82, 2.24) is 9.88 Å². The summed E-state index contributed by atoms with van der Waals surface area (Å²) in [6.45, 7) is 5.80. The third-order valence-corrected chi connectivity index (χ3v) is 9.41.